The van der Waals surface area contributed by atoms with E-state index >= 15 is 0 Å². The summed E-state index contributed by atoms with van der Waals surface area (Å²) in [6.07, 6.45) is -4.34. The van der Waals surface area contributed by atoms with Crippen LogP contribution in [0.1, 0.15) is 12.5 Å². The van der Waals surface area contributed by atoms with E-state index in [1.807, 2.05) is 0 Å². The number of hydrogen-bond donors (Lipinski definition) is 2. The van der Waals surface area contributed by atoms with Crippen molar-refractivity contribution >= 4 is 23.7 Å². The van der Waals surface area contributed by atoms with Gasteiger partial charge in [0.15, 0.2) is 0 Å². The number of rotatable bonds is 3. The molecule has 0 saturated carbocycles. The molecule has 0 radical (unpaired) electrons. The average Bonchev–Trinajstić information content (AvgIpc) is 2.18. The molecule has 1 rings (SSSR count). The van der Waals surface area contributed by atoms with E-state index < -0.39 is 17.6 Å². The normalized spacial score (nSPS) is 10.8. The molecule has 2 amide bonds. The van der Waals surface area contributed by atoms with E-state index in [1.165, 1.54) is 6.07 Å². The molecule has 17 heavy (non-hydrogen) atoms. The van der Waals surface area contributed by atoms with Crippen LogP contribution in [-0.4, -0.2) is 12.3 Å². The van der Waals surface area contributed by atoms with E-state index in [0.29, 0.717) is 0 Å². The quantitative estimate of drug-likeness (QED) is 0.803. The molecule has 0 aliphatic heterocycles. The van der Waals surface area contributed by atoms with Crippen molar-refractivity contribution in [2.75, 3.05) is 10.6 Å². The first-order valence-corrected chi connectivity index (χ1v) is 4.53. The van der Waals surface area contributed by atoms with Crippen molar-refractivity contribution in [3.8, 4) is 0 Å². The monoisotopic (exact) mass is 246 g/mol. The molecule has 0 unspecified atom stereocenters. The third-order valence-electron chi connectivity index (χ3n) is 1.86. The van der Waals surface area contributed by atoms with Crippen LogP contribution in [0, 0.1) is 0 Å². The molecule has 0 spiro atoms. The number of carbonyl (C=O) groups excluding carboxylic acids is 2. The Morgan fingerprint density at radius 1 is 1.35 bits per heavy atom. The first-order chi connectivity index (χ1) is 7.84. The second-order valence-corrected chi connectivity index (χ2v) is 3.20. The minimum atomic E-state index is -4.61. The summed E-state index contributed by atoms with van der Waals surface area (Å²) in [6, 6.07) is 3.09. The Kier molecular flexibility index (Phi) is 3.72. The van der Waals surface area contributed by atoms with Crippen LogP contribution in [0.5, 0.6) is 0 Å². The van der Waals surface area contributed by atoms with E-state index in [0.717, 1.165) is 19.1 Å². The summed E-state index contributed by atoms with van der Waals surface area (Å²) >= 11 is 0. The van der Waals surface area contributed by atoms with Crippen LogP contribution in [0.25, 0.3) is 0 Å². The number of anilines is 2. The molecule has 0 bridgehead atoms. The third kappa shape index (κ3) is 3.47. The molecule has 0 aliphatic rings. The lowest BCUT2D eigenvalue weighted by Crippen LogP contribution is -2.14. The first-order valence-electron chi connectivity index (χ1n) is 4.53. The molecule has 1 aromatic carbocycles. The Balaban J connectivity index is 3.21. The van der Waals surface area contributed by atoms with Crippen molar-refractivity contribution < 1.29 is 22.8 Å². The predicted molar refractivity (Wildman–Crippen MR) is 55.4 cm³/mol. The number of alkyl halides is 3. The first kappa shape index (κ1) is 13.0. The number of amides is 2. The Labute approximate surface area is 94.8 Å². The van der Waals surface area contributed by atoms with Gasteiger partial charge in [0.25, 0.3) is 0 Å². The molecule has 7 heteroatoms. The molecule has 0 saturated heterocycles. The Bertz CT molecular complexity index is 444. The molecule has 0 atom stereocenters. The maximum atomic E-state index is 12.7. The van der Waals surface area contributed by atoms with Crippen LogP contribution >= 0.6 is 0 Å². The fraction of sp³-hybridized carbons (Fsp3) is 0.200. The molecule has 2 N–H and O–H groups in total. The molecule has 1 aromatic rings. The summed E-state index contributed by atoms with van der Waals surface area (Å²) in [4.78, 5) is 20.9. The van der Waals surface area contributed by atoms with Gasteiger partial charge in [-0.25, -0.2) is 0 Å². The number of hydrogen-bond acceptors (Lipinski definition) is 2. The lowest BCUT2D eigenvalue weighted by atomic mass is 10.1. The van der Waals surface area contributed by atoms with Gasteiger partial charge in [0.2, 0.25) is 12.3 Å². The van der Waals surface area contributed by atoms with Gasteiger partial charge < -0.3 is 10.6 Å². The van der Waals surface area contributed by atoms with Gasteiger partial charge in [-0.15, -0.1) is 0 Å². The second-order valence-electron chi connectivity index (χ2n) is 3.20. The van der Waals surface area contributed by atoms with Crippen molar-refractivity contribution in [2.45, 2.75) is 13.1 Å². The highest BCUT2D eigenvalue weighted by molar-refractivity contribution is 5.90. The molecular weight excluding hydrogens is 237 g/mol. The van der Waals surface area contributed by atoms with Crippen molar-refractivity contribution in [2.24, 2.45) is 0 Å². The minimum Gasteiger partial charge on any atom is -0.329 e. The highest BCUT2D eigenvalue weighted by Gasteiger charge is 2.34. The maximum Gasteiger partial charge on any atom is 0.418 e. The van der Waals surface area contributed by atoms with Gasteiger partial charge in [-0.05, 0) is 18.2 Å². The highest BCUT2D eigenvalue weighted by Crippen LogP contribution is 2.36. The summed E-state index contributed by atoms with van der Waals surface area (Å²) in [5.41, 5.74) is -1.36. The summed E-state index contributed by atoms with van der Waals surface area (Å²) in [5, 5.41) is 4.18. The largest absolute Gasteiger partial charge is 0.418 e. The maximum absolute atomic E-state index is 12.7. The zero-order chi connectivity index (χ0) is 13.1. The van der Waals surface area contributed by atoms with Gasteiger partial charge in [-0.3, -0.25) is 9.59 Å². The van der Waals surface area contributed by atoms with Gasteiger partial charge >= 0.3 is 6.18 Å². The molecule has 0 aromatic heterocycles. The lowest BCUT2D eigenvalue weighted by Gasteiger charge is -2.14. The average molecular weight is 246 g/mol. The number of nitrogens with one attached hydrogen (secondary N) is 2. The van der Waals surface area contributed by atoms with Crippen LogP contribution in [0.3, 0.4) is 0 Å². The number of benzene rings is 1. The van der Waals surface area contributed by atoms with Crippen LogP contribution < -0.4 is 10.6 Å². The third-order valence-corrected chi connectivity index (χ3v) is 1.86. The van der Waals surface area contributed by atoms with Crippen LogP contribution in [-0.2, 0) is 15.8 Å². The van der Waals surface area contributed by atoms with Crippen LogP contribution in [0.2, 0.25) is 0 Å². The molecule has 0 fully saturated rings. The van der Waals surface area contributed by atoms with Crippen molar-refractivity contribution in [1.29, 1.82) is 0 Å². The molecule has 0 heterocycles. The molecule has 4 nitrogen and oxygen atoms in total. The van der Waals surface area contributed by atoms with Crippen molar-refractivity contribution in [3.63, 3.8) is 0 Å². The van der Waals surface area contributed by atoms with Gasteiger partial charge in [0.05, 0.1) is 11.3 Å². The zero-order valence-electron chi connectivity index (χ0n) is 8.76. The van der Waals surface area contributed by atoms with Gasteiger partial charge in [-0.2, -0.15) is 13.2 Å². The molecule has 92 valence electrons. The second kappa shape index (κ2) is 4.86. The summed E-state index contributed by atoms with van der Waals surface area (Å²) < 4.78 is 38.0. The fourth-order valence-corrected chi connectivity index (χ4v) is 1.24. The van der Waals surface area contributed by atoms with Gasteiger partial charge in [-0.1, -0.05) is 0 Å². The minimum absolute atomic E-state index is 0.00132. The Hall–Kier alpha value is -2.05. The summed E-state index contributed by atoms with van der Waals surface area (Å²) in [7, 11) is 0. The highest BCUT2D eigenvalue weighted by atomic mass is 19.4. The lowest BCUT2D eigenvalue weighted by molar-refractivity contribution is -0.137. The Morgan fingerprint density at radius 2 is 2.00 bits per heavy atom. The van der Waals surface area contributed by atoms with Crippen LogP contribution in [0.4, 0.5) is 24.5 Å². The Morgan fingerprint density at radius 3 is 2.47 bits per heavy atom. The fourth-order valence-electron chi connectivity index (χ4n) is 1.24. The molecular formula is C10H9F3N2O2. The smallest absolute Gasteiger partial charge is 0.329 e. The van der Waals surface area contributed by atoms with E-state index in [4.69, 9.17) is 0 Å². The summed E-state index contributed by atoms with van der Waals surface area (Å²) in [6.45, 7) is 1.11. The van der Waals surface area contributed by atoms with E-state index in [-0.39, 0.29) is 17.8 Å². The topological polar surface area (TPSA) is 58.2 Å². The van der Waals surface area contributed by atoms with E-state index in [9.17, 15) is 22.8 Å². The van der Waals surface area contributed by atoms with Crippen LogP contribution in [0.15, 0.2) is 18.2 Å². The summed E-state index contributed by atoms with van der Waals surface area (Å²) in [5.74, 6) is -0.605. The van der Waals surface area contributed by atoms with Gasteiger partial charge in [0, 0.05) is 12.6 Å². The number of halogens is 3. The SMILES string of the molecule is CC(=O)Nc1ccc(NC=O)cc1C(F)(F)F. The van der Waals surface area contributed by atoms with Gasteiger partial charge in [0.1, 0.15) is 0 Å². The number of carbonyl (C=O) groups is 2. The van der Waals surface area contributed by atoms with Crippen molar-refractivity contribution in [3.05, 3.63) is 23.8 Å². The van der Waals surface area contributed by atoms with Crippen molar-refractivity contribution in [1.82, 2.24) is 0 Å². The van der Waals surface area contributed by atoms with E-state index in [2.05, 4.69) is 10.6 Å². The molecule has 0 aliphatic carbocycles. The zero-order valence-corrected chi connectivity index (χ0v) is 8.76. The van der Waals surface area contributed by atoms with E-state index in [1.54, 1.807) is 0 Å². The predicted octanol–water partition coefficient (Wildman–Crippen LogP) is 2.23. The standard InChI is InChI=1S/C10H9F3N2O2/c1-6(17)15-9-3-2-7(14-5-16)4-8(9)10(11,12)13/h2-5H,1H3,(H,14,16)(H,15,17).